The number of imide groups is 1. The molecule has 12 heteroatoms. The first-order chi connectivity index (χ1) is 16.6. The van der Waals surface area contributed by atoms with E-state index in [1.54, 1.807) is 0 Å². The first kappa shape index (κ1) is 24.7. The molecule has 3 aliphatic rings. The molecule has 182 valence electrons. The number of nitrogens with zero attached hydrogens (tertiary/aromatic N) is 3. The summed E-state index contributed by atoms with van der Waals surface area (Å²) in [6.45, 7) is -0.364. The average Bonchev–Trinajstić information content (AvgIpc) is 3.43. The van der Waals surface area contributed by atoms with Crippen LogP contribution in [0.1, 0.15) is 22.3 Å². The van der Waals surface area contributed by atoms with E-state index >= 15 is 0 Å². The molecule has 2 aliphatic carbocycles. The summed E-state index contributed by atoms with van der Waals surface area (Å²) in [6.07, 6.45) is 0.736. The molecular weight excluding hydrogens is 629 g/mol. The molecule has 8 nitrogen and oxygen atoms in total. The van der Waals surface area contributed by atoms with E-state index in [4.69, 9.17) is 23.2 Å². The normalized spacial score (nSPS) is 29.0. The van der Waals surface area contributed by atoms with Crippen molar-refractivity contribution in [2.45, 2.75) is 22.6 Å². The van der Waals surface area contributed by atoms with Crippen LogP contribution in [0.5, 0.6) is 0 Å². The van der Waals surface area contributed by atoms with Gasteiger partial charge < -0.3 is 0 Å². The number of hydrogen-bond donors (Lipinski definition) is 0. The molecule has 0 unspecified atom stereocenters. The van der Waals surface area contributed by atoms with Gasteiger partial charge in [-0.05, 0) is 54.7 Å². The Morgan fingerprint density at radius 1 is 1.00 bits per heavy atom. The average molecular weight is 646 g/mol. The van der Waals surface area contributed by atoms with Crippen molar-refractivity contribution >= 4 is 78.5 Å². The Labute approximate surface area is 226 Å². The number of halogens is 4. The van der Waals surface area contributed by atoms with Crippen LogP contribution < -0.4 is 0 Å². The van der Waals surface area contributed by atoms with E-state index < -0.39 is 34.5 Å². The van der Waals surface area contributed by atoms with Gasteiger partial charge in [0.1, 0.15) is 0 Å². The van der Waals surface area contributed by atoms with Gasteiger partial charge in [-0.15, -0.1) is 0 Å². The molecule has 0 N–H and O–H groups in total. The lowest BCUT2D eigenvalue weighted by Crippen LogP contribution is -2.50. The van der Waals surface area contributed by atoms with E-state index in [1.165, 1.54) is 42.5 Å². The molecule has 1 heterocycles. The van der Waals surface area contributed by atoms with E-state index in [9.17, 15) is 24.5 Å². The maximum absolute atomic E-state index is 13.6. The highest BCUT2D eigenvalue weighted by Gasteiger charge is 2.67. The van der Waals surface area contributed by atoms with Crippen LogP contribution in [0.3, 0.4) is 0 Å². The second-order valence-corrected chi connectivity index (χ2v) is 11.9. The number of hydrogen-bond acceptors (Lipinski definition) is 5. The monoisotopic (exact) mass is 643 g/mol. The van der Waals surface area contributed by atoms with Crippen molar-refractivity contribution in [1.29, 1.82) is 0 Å². The van der Waals surface area contributed by atoms with E-state index in [1.807, 2.05) is 0 Å². The lowest BCUT2D eigenvalue weighted by Gasteiger charge is -2.31. The zero-order valence-corrected chi connectivity index (χ0v) is 22.5. The van der Waals surface area contributed by atoms with Crippen LogP contribution >= 0.6 is 55.1 Å². The summed E-state index contributed by atoms with van der Waals surface area (Å²) >= 11 is 19.2. The van der Waals surface area contributed by atoms with Crippen molar-refractivity contribution in [1.82, 2.24) is 10.0 Å². The summed E-state index contributed by atoms with van der Waals surface area (Å²) in [5.74, 6) is -2.77. The number of nitro benzene ring substituents is 1. The summed E-state index contributed by atoms with van der Waals surface area (Å²) in [5.41, 5.74) is 0.00859. The van der Waals surface area contributed by atoms with Gasteiger partial charge in [-0.1, -0.05) is 55.1 Å². The largest absolute Gasteiger partial charge is 0.275 e. The van der Waals surface area contributed by atoms with E-state index in [-0.39, 0.29) is 49.9 Å². The zero-order valence-electron chi connectivity index (χ0n) is 17.8. The third-order valence-electron chi connectivity index (χ3n) is 7.10. The maximum Gasteiger partial charge on any atom is 0.275 e. The highest BCUT2D eigenvalue weighted by molar-refractivity contribution is 9.12. The molecule has 1 aliphatic heterocycles. The third-order valence-corrected chi connectivity index (χ3v) is 10.8. The quantitative estimate of drug-likeness (QED) is 0.192. The van der Waals surface area contributed by atoms with Crippen LogP contribution in [-0.4, -0.2) is 42.3 Å². The summed E-state index contributed by atoms with van der Waals surface area (Å²) in [4.78, 5) is 52.0. The Balaban J connectivity index is 1.57. The van der Waals surface area contributed by atoms with Crippen LogP contribution in [0.25, 0.3) is 0 Å². The molecule has 0 spiro atoms. The number of carbonyl (C=O) groups excluding carboxylic acids is 3. The van der Waals surface area contributed by atoms with Crippen LogP contribution in [0, 0.1) is 33.8 Å². The van der Waals surface area contributed by atoms with Gasteiger partial charge in [0, 0.05) is 31.3 Å². The van der Waals surface area contributed by atoms with E-state index in [2.05, 4.69) is 31.9 Å². The smallest absolute Gasteiger partial charge is 0.272 e. The topological polar surface area (TPSA) is 101 Å². The van der Waals surface area contributed by atoms with Crippen LogP contribution in [-0.2, 0) is 16.1 Å². The summed E-state index contributed by atoms with van der Waals surface area (Å²) in [7, 11) is 0. The molecule has 0 radical (unpaired) electrons. The minimum absolute atomic E-state index is 0.0308. The van der Waals surface area contributed by atoms with Crippen LogP contribution in [0.15, 0.2) is 42.5 Å². The molecule has 3 fully saturated rings. The Hall–Kier alpha value is -2.01. The van der Waals surface area contributed by atoms with Crippen LogP contribution in [0.4, 0.5) is 5.69 Å². The molecule has 3 amide bonds. The minimum atomic E-state index is -0.647. The Bertz CT molecular complexity index is 1230. The Kier molecular flexibility index (Phi) is 6.44. The second-order valence-electron chi connectivity index (χ2n) is 8.89. The molecule has 2 aromatic rings. The lowest BCUT2D eigenvalue weighted by molar-refractivity contribution is -0.385. The van der Waals surface area contributed by atoms with Crippen molar-refractivity contribution in [3.63, 3.8) is 0 Å². The summed E-state index contributed by atoms with van der Waals surface area (Å²) in [6, 6.07) is 10.0. The SMILES string of the molecule is O=C(c1ccc(Cl)cc1)N(Cc1ccc(Cl)cc1[N+](=O)[O-])N1C(=O)[C@@H]2[C@H]3C[C@@H]([C@@H](Br)[C@H]3Br)[C@H]2C1=O. The molecule has 1 saturated heterocycles. The van der Waals surface area contributed by atoms with Gasteiger partial charge in [0.25, 0.3) is 23.4 Å². The number of fused-ring (bicyclic) bond motifs is 5. The molecule has 2 aromatic carbocycles. The first-order valence-electron chi connectivity index (χ1n) is 10.8. The number of benzene rings is 2. The standard InChI is InChI=1S/C23H17Br2Cl2N3O5/c24-19-14-8-15(20(19)25)18-17(14)22(32)29(23(18)33)28(21(31)10-1-4-12(26)5-2-10)9-11-3-6-13(27)7-16(11)30(34)35/h1-7,14-15,17-20H,8-9H2/t14-,15-,17-,18-,19-,20+/m1/s1. The molecule has 6 atom stereocenters. The predicted octanol–water partition coefficient (Wildman–Crippen LogP) is 5.24. The van der Waals surface area contributed by atoms with Crippen molar-refractivity contribution in [3.05, 3.63) is 73.8 Å². The number of hydrazine groups is 1. The lowest BCUT2D eigenvalue weighted by atomic mass is 9.81. The number of rotatable bonds is 5. The minimum Gasteiger partial charge on any atom is -0.272 e. The summed E-state index contributed by atoms with van der Waals surface area (Å²) < 4.78 is 0. The molecule has 0 aromatic heterocycles. The molecule has 35 heavy (non-hydrogen) atoms. The van der Waals surface area contributed by atoms with Crippen molar-refractivity contribution in [3.8, 4) is 0 Å². The number of alkyl halides is 2. The van der Waals surface area contributed by atoms with E-state index in [0.717, 1.165) is 16.4 Å². The van der Waals surface area contributed by atoms with Crippen molar-refractivity contribution < 1.29 is 19.3 Å². The Morgan fingerprint density at radius 3 is 2.09 bits per heavy atom. The molecule has 2 saturated carbocycles. The van der Waals surface area contributed by atoms with Gasteiger partial charge in [-0.3, -0.25) is 24.5 Å². The highest BCUT2D eigenvalue weighted by atomic mass is 79.9. The number of nitro groups is 1. The highest BCUT2D eigenvalue weighted by Crippen LogP contribution is 2.60. The number of amides is 3. The van der Waals surface area contributed by atoms with Gasteiger partial charge in [0.15, 0.2) is 0 Å². The molecule has 2 bridgehead atoms. The third kappa shape index (κ3) is 3.98. The van der Waals surface area contributed by atoms with Crippen molar-refractivity contribution in [2.24, 2.45) is 23.7 Å². The molecular formula is C23H17Br2Cl2N3O5. The van der Waals surface area contributed by atoms with Gasteiger partial charge in [-0.2, -0.15) is 5.01 Å². The van der Waals surface area contributed by atoms with Gasteiger partial charge in [-0.25, -0.2) is 5.01 Å². The fourth-order valence-corrected chi connectivity index (χ4v) is 7.71. The number of carbonyl (C=O) groups is 3. The summed E-state index contributed by atoms with van der Waals surface area (Å²) in [5, 5.41) is 14.1. The second kappa shape index (κ2) is 9.14. The van der Waals surface area contributed by atoms with Crippen LogP contribution in [0.2, 0.25) is 10.0 Å². The maximum atomic E-state index is 13.6. The van der Waals surface area contributed by atoms with Gasteiger partial charge in [0.2, 0.25) is 0 Å². The van der Waals surface area contributed by atoms with E-state index in [0.29, 0.717) is 5.02 Å². The molecule has 5 rings (SSSR count). The fourth-order valence-electron chi connectivity index (χ4n) is 5.55. The van der Waals surface area contributed by atoms with Gasteiger partial charge in [0.05, 0.1) is 28.9 Å². The first-order valence-corrected chi connectivity index (χ1v) is 13.3. The predicted molar refractivity (Wildman–Crippen MR) is 135 cm³/mol. The zero-order chi connectivity index (χ0) is 25.2. The fraction of sp³-hybridized carbons (Fsp3) is 0.348. The van der Waals surface area contributed by atoms with Gasteiger partial charge >= 0.3 is 0 Å². The van der Waals surface area contributed by atoms with Crippen molar-refractivity contribution in [2.75, 3.05) is 0 Å². The Morgan fingerprint density at radius 2 is 1.54 bits per heavy atom.